The minimum atomic E-state index is -0.475. The van der Waals surface area contributed by atoms with Crippen LogP contribution in [-0.2, 0) is 9.53 Å². The van der Waals surface area contributed by atoms with Gasteiger partial charge in [0.05, 0.1) is 24.9 Å². The number of rotatable bonds is 6. The number of nitrogens with one attached hydrogen (secondary N) is 2. The summed E-state index contributed by atoms with van der Waals surface area (Å²) in [5.74, 6) is 0.581. The summed E-state index contributed by atoms with van der Waals surface area (Å²) < 4.78 is 6.43. The zero-order valence-corrected chi connectivity index (χ0v) is 22.3. The smallest absolute Gasteiger partial charge is 0.407 e. The molecule has 5 heterocycles. The molecular formula is C25H29N9O4S. The average Bonchev–Trinajstić information content (AvgIpc) is 3.58. The first-order valence-corrected chi connectivity index (χ1v) is 13.7. The highest BCUT2D eigenvalue weighted by atomic mass is 32.1. The SMILES string of the molecule is COC(=O)NC1CCN(C(=O)c2cc(NC3CCN(C(=O)CC#N)CC3)nc(-c3cnn4ccsc34)n2)CC1. The van der Waals surface area contributed by atoms with E-state index in [4.69, 9.17) is 10.2 Å². The number of fused-ring (bicyclic) bond motifs is 1. The number of carbonyl (C=O) groups excluding carboxylic acids is 3. The van der Waals surface area contributed by atoms with E-state index >= 15 is 0 Å². The van der Waals surface area contributed by atoms with Crippen molar-refractivity contribution in [3.05, 3.63) is 29.5 Å². The number of piperidine rings is 2. The lowest BCUT2D eigenvalue weighted by Gasteiger charge is -2.33. The Hall–Kier alpha value is -4.25. The average molecular weight is 552 g/mol. The van der Waals surface area contributed by atoms with E-state index in [1.165, 1.54) is 18.4 Å². The van der Waals surface area contributed by atoms with Gasteiger partial charge in [-0.3, -0.25) is 9.59 Å². The number of thiazole rings is 1. The zero-order chi connectivity index (χ0) is 27.4. The van der Waals surface area contributed by atoms with Crippen molar-refractivity contribution in [1.82, 2.24) is 34.7 Å². The number of hydrogen-bond donors (Lipinski definition) is 2. The third-order valence-corrected chi connectivity index (χ3v) is 7.93. The Bertz CT molecular complexity index is 1400. The van der Waals surface area contributed by atoms with E-state index in [2.05, 4.69) is 25.5 Å². The Morgan fingerprint density at radius 1 is 1.10 bits per heavy atom. The number of hydrogen-bond acceptors (Lipinski definition) is 10. The Labute approximate surface area is 228 Å². The van der Waals surface area contributed by atoms with Crippen LogP contribution in [0.1, 0.15) is 42.6 Å². The fourth-order valence-corrected chi connectivity index (χ4v) is 5.70. The van der Waals surface area contributed by atoms with Gasteiger partial charge in [-0.15, -0.1) is 11.3 Å². The van der Waals surface area contributed by atoms with Crippen molar-refractivity contribution in [2.45, 2.75) is 44.2 Å². The molecule has 2 N–H and O–H groups in total. The molecule has 2 aliphatic rings. The summed E-state index contributed by atoms with van der Waals surface area (Å²) in [6.45, 7) is 2.06. The summed E-state index contributed by atoms with van der Waals surface area (Å²) in [5.41, 5.74) is 1.01. The van der Waals surface area contributed by atoms with Crippen molar-refractivity contribution in [1.29, 1.82) is 5.26 Å². The van der Waals surface area contributed by atoms with Gasteiger partial charge < -0.3 is 25.2 Å². The molecule has 3 aromatic heterocycles. The molecule has 39 heavy (non-hydrogen) atoms. The first kappa shape index (κ1) is 26.4. The summed E-state index contributed by atoms with van der Waals surface area (Å²) in [4.78, 5) is 50.9. The van der Waals surface area contributed by atoms with Crippen LogP contribution in [0.4, 0.5) is 10.6 Å². The molecule has 0 saturated carbocycles. The molecule has 2 saturated heterocycles. The number of carbonyl (C=O) groups is 3. The number of amides is 3. The second kappa shape index (κ2) is 11.6. The molecule has 3 aromatic rings. The number of aromatic nitrogens is 4. The number of nitrogens with zero attached hydrogens (tertiary/aromatic N) is 7. The molecule has 204 valence electrons. The predicted molar refractivity (Wildman–Crippen MR) is 142 cm³/mol. The van der Waals surface area contributed by atoms with Gasteiger partial charge in [0.25, 0.3) is 5.91 Å². The van der Waals surface area contributed by atoms with Gasteiger partial charge in [-0.1, -0.05) is 0 Å². The largest absolute Gasteiger partial charge is 0.453 e. The molecule has 0 aliphatic carbocycles. The highest BCUT2D eigenvalue weighted by Gasteiger charge is 2.28. The fraction of sp³-hybridized carbons (Fsp3) is 0.480. The lowest BCUT2D eigenvalue weighted by atomic mass is 10.0. The number of alkyl carbamates (subject to hydrolysis) is 1. The fourth-order valence-electron chi connectivity index (χ4n) is 4.91. The van der Waals surface area contributed by atoms with Crippen LogP contribution in [0.5, 0.6) is 0 Å². The topological polar surface area (TPSA) is 158 Å². The van der Waals surface area contributed by atoms with Crippen LogP contribution in [0.2, 0.25) is 0 Å². The summed E-state index contributed by atoms with van der Waals surface area (Å²) >= 11 is 1.51. The maximum absolute atomic E-state index is 13.6. The maximum Gasteiger partial charge on any atom is 0.407 e. The molecule has 0 aromatic carbocycles. The van der Waals surface area contributed by atoms with Crippen molar-refractivity contribution in [3.8, 4) is 17.5 Å². The van der Waals surface area contributed by atoms with E-state index in [9.17, 15) is 14.4 Å². The third-order valence-electron chi connectivity index (χ3n) is 7.04. The number of nitriles is 1. The maximum atomic E-state index is 13.6. The third kappa shape index (κ3) is 5.93. The molecule has 0 atom stereocenters. The summed E-state index contributed by atoms with van der Waals surface area (Å²) in [6, 6.07) is 3.59. The Morgan fingerprint density at radius 3 is 2.54 bits per heavy atom. The van der Waals surface area contributed by atoms with Crippen LogP contribution in [0.3, 0.4) is 0 Å². The molecule has 0 bridgehead atoms. The normalized spacial score (nSPS) is 16.6. The van der Waals surface area contributed by atoms with Crippen LogP contribution in [-0.4, -0.2) is 92.7 Å². The number of anilines is 1. The molecule has 14 heteroatoms. The second-order valence-electron chi connectivity index (χ2n) is 9.51. The van der Waals surface area contributed by atoms with Crippen molar-refractivity contribution >= 4 is 39.9 Å². The van der Waals surface area contributed by atoms with Gasteiger partial charge in [0, 0.05) is 55.9 Å². The van der Waals surface area contributed by atoms with Gasteiger partial charge in [0.2, 0.25) is 5.91 Å². The van der Waals surface area contributed by atoms with Crippen molar-refractivity contribution in [2.24, 2.45) is 0 Å². The minimum absolute atomic E-state index is 0.0508. The Kier molecular flexibility index (Phi) is 7.87. The van der Waals surface area contributed by atoms with E-state index in [1.54, 1.807) is 26.6 Å². The minimum Gasteiger partial charge on any atom is -0.453 e. The summed E-state index contributed by atoms with van der Waals surface area (Å²) in [7, 11) is 1.33. The Balaban J connectivity index is 1.34. The highest BCUT2D eigenvalue weighted by molar-refractivity contribution is 7.16. The van der Waals surface area contributed by atoms with E-state index in [0.717, 1.165) is 10.4 Å². The molecule has 0 unspecified atom stereocenters. The molecule has 5 rings (SSSR count). The summed E-state index contributed by atoms with van der Waals surface area (Å²) in [6.07, 6.45) is 5.59. The molecular weight excluding hydrogens is 522 g/mol. The van der Waals surface area contributed by atoms with Crippen LogP contribution < -0.4 is 10.6 Å². The quantitative estimate of drug-likeness (QED) is 0.468. The lowest BCUT2D eigenvalue weighted by Crippen LogP contribution is -2.46. The zero-order valence-electron chi connectivity index (χ0n) is 21.5. The van der Waals surface area contributed by atoms with Crippen LogP contribution in [0.25, 0.3) is 16.2 Å². The number of likely N-dealkylation sites (tertiary alicyclic amines) is 2. The van der Waals surface area contributed by atoms with Gasteiger partial charge in [0.15, 0.2) is 5.82 Å². The van der Waals surface area contributed by atoms with E-state index in [1.807, 2.05) is 17.6 Å². The van der Waals surface area contributed by atoms with E-state index < -0.39 is 6.09 Å². The van der Waals surface area contributed by atoms with Gasteiger partial charge in [-0.25, -0.2) is 19.3 Å². The Morgan fingerprint density at radius 2 is 1.82 bits per heavy atom. The van der Waals surface area contributed by atoms with Gasteiger partial charge >= 0.3 is 6.09 Å². The lowest BCUT2D eigenvalue weighted by molar-refractivity contribution is -0.131. The first-order chi connectivity index (χ1) is 18.9. The molecule has 0 spiro atoms. The standard InChI is InChI=1S/C25H29N9O4S/c1-38-25(37)29-17-5-10-33(11-6-17)23(36)19-14-20(28-16-3-8-32(9-4-16)21(35)2-7-26)31-22(30-19)18-15-27-34-12-13-39-24(18)34/h12-17H,2-6,8-11H2,1H3,(H,29,37)(H,28,30,31). The van der Waals surface area contributed by atoms with Crippen molar-refractivity contribution in [2.75, 3.05) is 38.6 Å². The molecule has 0 radical (unpaired) electrons. The van der Waals surface area contributed by atoms with Gasteiger partial charge in [-0.05, 0) is 25.7 Å². The summed E-state index contributed by atoms with van der Waals surface area (Å²) in [5, 5.41) is 21.3. The van der Waals surface area contributed by atoms with Gasteiger partial charge in [0.1, 0.15) is 22.8 Å². The molecule has 13 nitrogen and oxygen atoms in total. The van der Waals surface area contributed by atoms with Crippen LogP contribution in [0.15, 0.2) is 23.8 Å². The number of methoxy groups -OCH3 is 1. The van der Waals surface area contributed by atoms with Gasteiger partial charge in [-0.2, -0.15) is 10.4 Å². The van der Waals surface area contributed by atoms with Crippen molar-refractivity contribution < 1.29 is 19.1 Å². The van der Waals surface area contributed by atoms with E-state index in [-0.39, 0.29) is 36.0 Å². The van der Waals surface area contributed by atoms with Crippen LogP contribution in [0, 0.1) is 11.3 Å². The number of ether oxygens (including phenoxy) is 1. The molecule has 2 aliphatic heterocycles. The monoisotopic (exact) mass is 551 g/mol. The highest BCUT2D eigenvalue weighted by Crippen LogP contribution is 2.28. The van der Waals surface area contributed by atoms with Crippen molar-refractivity contribution in [3.63, 3.8) is 0 Å². The molecule has 2 fully saturated rings. The molecule has 3 amide bonds. The predicted octanol–water partition coefficient (Wildman–Crippen LogP) is 2.13. The van der Waals surface area contributed by atoms with E-state index in [0.29, 0.717) is 63.5 Å². The second-order valence-corrected chi connectivity index (χ2v) is 10.4. The first-order valence-electron chi connectivity index (χ1n) is 12.8. The van der Waals surface area contributed by atoms with Crippen LogP contribution >= 0.6 is 11.3 Å².